The van der Waals surface area contributed by atoms with Crippen LogP contribution in [0.4, 0.5) is 5.69 Å². The van der Waals surface area contributed by atoms with E-state index in [1.807, 2.05) is 27.1 Å². The molecule has 0 amide bonds. The summed E-state index contributed by atoms with van der Waals surface area (Å²) in [6.07, 6.45) is 3.62. The fourth-order valence-electron chi connectivity index (χ4n) is 0.932. The van der Waals surface area contributed by atoms with Gasteiger partial charge in [-0.3, -0.25) is 9.67 Å². The summed E-state index contributed by atoms with van der Waals surface area (Å²) in [5, 5.41) is 4.17. The highest BCUT2D eigenvalue weighted by Crippen LogP contribution is 2.15. The Morgan fingerprint density at radius 1 is 1.75 bits per heavy atom. The van der Waals surface area contributed by atoms with E-state index in [1.165, 1.54) is 0 Å². The van der Waals surface area contributed by atoms with Crippen LogP contribution in [0.25, 0.3) is 0 Å². The lowest BCUT2D eigenvalue weighted by Crippen LogP contribution is -1.86. The Balaban J connectivity index is 3.03. The van der Waals surface area contributed by atoms with Crippen LogP contribution in [0.15, 0.2) is 23.8 Å². The number of hydrogen-bond acceptors (Lipinski definition) is 2. The van der Waals surface area contributed by atoms with Crippen LogP contribution in [0.2, 0.25) is 0 Å². The third kappa shape index (κ3) is 1.81. The molecule has 1 rings (SSSR count). The molecule has 0 saturated heterocycles. The Kier molecular flexibility index (Phi) is 2.43. The molecule has 1 heterocycles. The molecule has 3 heteroatoms. The second-order valence-corrected chi connectivity index (χ2v) is 2.73. The highest BCUT2D eigenvalue weighted by Gasteiger charge is 1.99. The van der Waals surface area contributed by atoms with E-state index in [-0.39, 0.29) is 0 Å². The van der Waals surface area contributed by atoms with Crippen LogP contribution < -0.4 is 0 Å². The summed E-state index contributed by atoms with van der Waals surface area (Å²) in [6, 6.07) is 0. The van der Waals surface area contributed by atoms with Gasteiger partial charge in [-0.25, -0.2) is 0 Å². The molecule has 0 bridgehead atoms. The van der Waals surface area contributed by atoms with Crippen molar-refractivity contribution in [3.63, 3.8) is 0 Å². The van der Waals surface area contributed by atoms with Crippen LogP contribution in [0.1, 0.15) is 12.6 Å². The van der Waals surface area contributed by atoms with E-state index >= 15 is 0 Å². The maximum Gasteiger partial charge on any atom is 0.104 e. The van der Waals surface area contributed by atoms with Crippen LogP contribution in [-0.2, 0) is 7.05 Å². The molecule has 3 nitrogen and oxygen atoms in total. The Morgan fingerprint density at radius 3 is 2.83 bits per heavy atom. The molecule has 0 aromatic carbocycles. The van der Waals surface area contributed by atoms with Crippen LogP contribution in [0.3, 0.4) is 0 Å². The Hall–Kier alpha value is -1.38. The maximum absolute atomic E-state index is 4.31. The van der Waals surface area contributed by atoms with Gasteiger partial charge < -0.3 is 0 Å². The van der Waals surface area contributed by atoms with Gasteiger partial charge in [-0.05, 0) is 19.9 Å². The smallest absolute Gasteiger partial charge is 0.104 e. The van der Waals surface area contributed by atoms with E-state index < -0.39 is 0 Å². The summed E-state index contributed by atoms with van der Waals surface area (Å²) in [5.41, 5.74) is 2.76. The molecule has 0 aliphatic rings. The first-order valence-electron chi connectivity index (χ1n) is 3.81. The molecule has 0 radical (unpaired) electrons. The highest BCUT2D eigenvalue weighted by atomic mass is 15.3. The predicted molar refractivity (Wildman–Crippen MR) is 50.9 cm³/mol. The van der Waals surface area contributed by atoms with Crippen molar-refractivity contribution in [3.8, 4) is 0 Å². The first kappa shape index (κ1) is 8.71. The van der Waals surface area contributed by atoms with E-state index in [9.17, 15) is 0 Å². The van der Waals surface area contributed by atoms with Crippen molar-refractivity contribution in [1.29, 1.82) is 0 Å². The molecular weight excluding hydrogens is 150 g/mol. The average Bonchev–Trinajstić information content (AvgIpc) is 2.30. The monoisotopic (exact) mass is 163 g/mol. The number of aromatic nitrogens is 2. The molecule has 0 N–H and O–H groups in total. The molecule has 0 fully saturated rings. The summed E-state index contributed by atoms with van der Waals surface area (Å²) >= 11 is 0. The number of nitrogens with zero attached hydrogens (tertiary/aromatic N) is 3. The lowest BCUT2D eigenvalue weighted by atomic mass is 10.4. The third-order valence-corrected chi connectivity index (χ3v) is 1.58. The van der Waals surface area contributed by atoms with Crippen molar-refractivity contribution in [3.05, 3.63) is 24.5 Å². The van der Waals surface area contributed by atoms with Crippen molar-refractivity contribution in [2.24, 2.45) is 12.0 Å². The summed E-state index contributed by atoms with van der Waals surface area (Å²) in [4.78, 5) is 4.31. The van der Waals surface area contributed by atoms with Gasteiger partial charge in [-0.15, -0.1) is 0 Å². The van der Waals surface area contributed by atoms with Gasteiger partial charge in [0, 0.05) is 12.8 Å². The quantitative estimate of drug-likeness (QED) is 0.613. The topological polar surface area (TPSA) is 30.2 Å². The number of hydrogen-bond donors (Lipinski definition) is 0. The van der Waals surface area contributed by atoms with Crippen LogP contribution in [0.5, 0.6) is 0 Å². The number of rotatable bonds is 2. The largest absolute Gasteiger partial charge is 0.273 e. The minimum absolute atomic E-state index is 0.908. The highest BCUT2D eigenvalue weighted by molar-refractivity contribution is 5.94. The molecule has 12 heavy (non-hydrogen) atoms. The standard InChI is InChI=1S/C9H13N3/c1-5-7(2)10-9-6-12(4)11-8(9)3/h5-6H,1H2,2-4H3. The lowest BCUT2D eigenvalue weighted by molar-refractivity contribution is 0.756. The minimum Gasteiger partial charge on any atom is -0.273 e. The second kappa shape index (κ2) is 3.34. The third-order valence-electron chi connectivity index (χ3n) is 1.58. The van der Waals surface area contributed by atoms with E-state index in [2.05, 4.69) is 16.7 Å². The van der Waals surface area contributed by atoms with Crippen molar-refractivity contribution in [1.82, 2.24) is 9.78 Å². The SMILES string of the molecule is C=CC(C)=Nc1cn(C)nc1C. The van der Waals surface area contributed by atoms with Crippen LogP contribution >= 0.6 is 0 Å². The Bertz CT molecular complexity index is 321. The van der Waals surface area contributed by atoms with Gasteiger partial charge in [-0.2, -0.15) is 5.10 Å². The summed E-state index contributed by atoms with van der Waals surface area (Å²) in [7, 11) is 1.88. The Morgan fingerprint density at radius 2 is 2.42 bits per heavy atom. The summed E-state index contributed by atoms with van der Waals surface area (Å²) in [5.74, 6) is 0. The molecule has 1 aromatic heterocycles. The number of allylic oxidation sites excluding steroid dienone is 1. The molecule has 64 valence electrons. The van der Waals surface area contributed by atoms with Gasteiger partial charge in [0.15, 0.2) is 0 Å². The summed E-state index contributed by atoms with van der Waals surface area (Å²) in [6.45, 7) is 7.49. The van der Waals surface area contributed by atoms with Crippen LogP contribution in [-0.4, -0.2) is 15.5 Å². The van der Waals surface area contributed by atoms with Crippen molar-refractivity contribution in [2.45, 2.75) is 13.8 Å². The van der Waals surface area contributed by atoms with Gasteiger partial charge in [0.05, 0.1) is 11.9 Å². The number of aliphatic imine (C=N–C) groups is 1. The fourth-order valence-corrected chi connectivity index (χ4v) is 0.932. The minimum atomic E-state index is 0.908. The molecule has 0 spiro atoms. The van der Waals surface area contributed by atoms with E-state index in [0.717, 1.165) is 17.1 Å². The molecule has 0 aliphatic heterocycles. The average molecular weight is 163 g/mol. The Labute approximate surface area is 72.4 Å². The molecular formula is C9H13N3. The van der Waals surface area contributed by atoms with E-state index in [0.29, 0.717) is 0 Å². The predicted octanol–water partition coefficient (Wildman–Crippen LogP) is 2.01. The molecule has 0 aliphatic carbocycles. The fraction of sp³-hybridized carbons (Fsp3) is 0.333. The normalized spacial score (nSPS) is 11.8. The van der Waals surface area contributed by atoms with Crippen molar-refractivity contribution >= 4 is 11.4 Å². The lowest BCUT2D eigenvalue weighted by Gasteiger charge is -1.89. The van der Waals surface area contributed by atoms with E-state index in [4.69, 9.17) is 0 Å². The van der Waals surface area contributed by atoms with Gasteiger partial charge in [0.2, 0.25) is 0 Å². The zero-order chi connectivity index (χ0) is 9.14. The van der Waals surface area contributed by atoms with Gasteiger partial charge >= 0.3 is 0 Å². The van der Waals surface area contributed by atoms with Gasteiger partial charge in [-0.1, -0.05) is 6.58 Å². The molecule has 0 atom stereocenters. The second-order valence-electron chi connectivity index (χ2n) is 2.73. The zero-order valence-corrected chi connectivity index (χ0v) is 7.70. The van der Waals surface area contributed by atoms with Crippen LogP contribution in [0, 0.1) is 6.92 Å². The van der Waals surface area contributed by atoms with E-state index in [1.54, 1.807) is 10.8 Å². The first-order valence-corrected chi connectivity index (χ1v) is 3.81. The van der Waals surface area contributed by atoms with Gasteiger partial charge in [0.1, 0.15) is 5.69 Å². The molecule has 0 saturated carbocycles. The van der Waals surface area contributed by atoms with Gasteiger partial charge in [0.25, 0.3) is 0 Å². The van der Waals surface area contributed by atoms with Crippen molar-refractivity contribution < 1.29 is 0 Å². The zero-order valence-electron chi connectivity index (χ0n) is 7.70. The molecule has 0 unspecified atom stereocenters. The van der Waals surface area contributed by atoms with Crippen molar-refractivity contribution in [2.75, 3.05) is 0 Å². The summed E-state index contributed by atoms with van der Waals surface area (Å²) < 4.78 is 1.75. The number of aryl methyl sites for hydroxylation is 2. The maximum atomic E-state index is 4.31. The molecule has 1 aromatic rings. The first-order chi connectivity index (χ1) is 5.63.